The van der Waals surface area contributed by atoms with Crippen LogP contribution < -0.4 is 11.5 Å². The molecule has 2 aromatic rings. The molecular formula is C9H12ClN5O. The maximum absolute atomic E-state index is 8.93. The number of halogens is 1. The van der Waals surface area contributed by atoms with Crippen molar-refractivity contribution < 1.29 is 5.11 Å². The Labute approximate surface area is 96.8 Å². The zero-order valence-electron chi connectivity index (χ0n) is 8.47. The van der Waals surface area contributed by atoms with Crippen LogP contribution in [0.2, 0.25) is 5.02 Å². The minimum atomic E-state index is -1.22. The molecule has 0 unspecified atom stereocenters. The smallest absolute Gasteiger partial charge is 0.114 e. The summed E-state index contributed by atoms with van der Waals surface area (Å²) in [6, 6.07) is 5.19. The van der Waals surface area contributed by atoms with Crippen molar-refractivity contribution in [2.75, 3.05) is 6.61 Å². The van der Waals surface area contributed by atoms with Gasteiger partial charge in [-0.2, -0.15) is 15.0 Å². The van der Waals surface area contributed by atoms with Gasteiger partial charge in [-0.25, -0.2) is 0 Å². The van der Waals surface area contributed by atoms with E-state index in [1.807, 2.05) is 0 Å². The van der Waals surface area contributed by atoms with Gasteiger partial charge < -0.3 is 16.6 Å². The van der Waals surface area contributed by atoms with E-state index in [9.17, 15) is 0 Å². The van der Waals surface area contributed by atoms with Crippen LogP contribution >= 0.6 is 11.6 Å². The van der Waals surface area contributed by atoms with Crippen molar-refractivity contribution in [3.63, 3.8) is 0 Å². The summed E-state index contributed by atoms with van der Waals surface area (Å²) < 4.78 is 0. The van der Waals surface area contributed by atoms with Gasteiger partial charge in [0.05, 0.1) is 13.2 Å². The molecule has 0 aliphatic heterocycles. The van der Waals surface area contributed by atoms with Crippen LogP contribution in [-0.2, 0) is 6.54 Å². The number of fused-ring (bicyclic) bond motifs is 1. The SMILES string of the molecule is NC(N)(CO)Cn1nc2ccc(Cl)cc2n1. The van der Waals surface area contributed by atoms with E-state index in [4.69, 9.17) is 28.2 Å². The van der Waals surface area contributed by atoms with Crippen LogP contribution in [-0.4, -0.2) is 32.4 Å². The van der Waals surface area contributed by atoms with Gasteiger partial charge in [-0.3, -0.25) is 0 Å². The topological polar surface area (TPSA) is 103 Å². The number of benzene rings is 1. The molecule has 0 atom stereocenters. The molecule has 0 radical (unpaired) electrons. The van der Waals surface area contributed by atoms with Crippen molar-refractivity contribution in [2.24, 2.45) is 11.5 Å². The Balaban J connectivity index is 2.33. The van der Waals surface area contributed by atoms with Gasteiger partial charge >= 0.3 is 0 Å². The average Bonchev–Trinajstić information content (AvgIpc) is 2.58. The van der Waals surface area contributed by atoms with Crippen LogP contribution in [0.1, 0.15) is 0 Å². The van der Waals surface area contributed by atoms with Gasteiger partial charge in [-0.05, 0) is 18.2 Å². The van der Waals surface area contributed by atoms with E-state index in [-0.39, 0.29) is 13.2 Å². The van der Waals surface area contributed by atoms with Crippen LogP contribution in [0, 0.1) is 0 Å². The Morgan fingerprint density at radius 1 is 1.31 bits per heavy atom. The molecule has 5 N–H and O–H groups in total. The summed E-state index contributed by atoms with van der Waals surface area (Å²) in [5.41, 5.74) is 11.4. The first-order chi connectivity index (χ1) is 7.50. The number of nitrogens with zero attached hydrogens (tertiary/aromatic N) is 3. The number of aromatic nitrogens is 3. The van der Waals surface area contributed by atoms with Crippen LogP contribution in [0.5, 0.6) is 0 Å². The van der Waals surface area contributed by atoms with Crippen molar-refractivity contribution in [3.8, 4) is 0 Å². The summed E-state index contributed by atoms with van der Waals surface area (Å²) in [6.07, 6.45) is 0. The third kappa shape index (κ3) is 2.30. The predicted octanol–water partition coefficient (Wildman–Crippen LogP) is -0.309. The summed E-state index contributed by atoms with van der Waals surface area (Å²) >= 11 is 5.82. The molecule has 16 heavy (non-hydrogen) atoms. The standard InChI is InChI=1S/C9H12ClN5O/c10-6-1-2-7-8(3-6)14-15(13-7)4-9(11,12)5-16/h1-3,16H,4-5,11-12H2. The van der Waals surface area contributed by atoms with Crippen molar-refractivity contribution in [2.45, 2.75) is 12.2 Å². The van der Waals surface area contributed by atoms with Gasteiger partial charge in [0, 0.05) is 5.02 Å². The maximum atomic E-state index is 8.93. The minimum absolute atomic E-state index is 0.135. The highest BCUT2D eigenvalue weighted by Crippen LogP contribution is 2.15. The van der Waals surface area contributed by atoms with Gasteiger partial charge in [-0.1, -0.05) is 11.6 Å². The lowest BCUT2D eigenvalue weighted by Gasteiger charge is -2.19. The average molecular weight is 242 g/mol. The molecule has 0 saturated carbocycles. The second-order valence-corrected chi connectivity index (χ2v) is 4.19. The predicted molar refractivity (Wildman–Crippen MR) is 60.7 cm³/mol. The highest BCUT2D eigenvalue weighted by molar-refractivity contribution is 6.31. The lowest BCUT2D eigenvalue weighted by atomic mass is 10.2. The number of hydrogen-bond acceptors (Lipinski definition) is 5. The summed E-state index contributed by atoms with van der Waals surface area (Å²) in [6.45, 7) is -0.207. The van der Waals surface area contributed by atoms with Gasteiger partial charge in [-0.15, -0.1) is 0 Å². The first-order valence-corrected chi connectivity index (χ1v) is 5.07. The second-order valence-electron chi connectivity index (χ2n) is 3.75. The first kappa shape index (κ1) is 11.3. The van der Waals surface area contributed by atoms with Gasteiger partial charge in [0.15, 0.2) is 0 Å². The van der Waals surface area contributed by atoms with Gasteiger partial charge in [0.2, 0.25) is 0 Å². The molecule has 0 aliphatic rings. The van der Waals surface area contributed by atoms with Gasteiger partial charge in [0.1, 0.15) is 16.7 Å². The lowest BCUT2D eigenvalue weighted by molar-refractivity contribution is 0.174. The minimum Gasteiger partial charge on any atom is -0.393 e. The first-order valence-electron chi connectivity index (χ1n) is 4.69. The number of aliphatic hydroxyl groups is 1. The number of hydrogen-bond donors (Lipinski definition) is 3. The van der Waals surface area contributed by atoms with E-state index in [1.54, 1.807) is 18.2 Å². The molecule has 2 rings (SSSR count). The summed E-state index contributed by atoms with van der Waals surface area (Å²) in [7, 11) is 0. The molecule has 0 spiro atoms. The fourth-order valence-electron chi connectivity index (χ4n) is 1.32. The van der Waals surface area contributed by atoms with Crippen LogP contribution in [0.25, 0.3) is 11.0 Å². The molecule has 0 fully saturated rings. The molecule has 0 aliphatic carbocycles. The molecule has 7 heteroatoms. The fraction of sp³-hybridized carbons (Fsp3) is 0.333. The summed E-state index contributed by atoms with van der Waals surface area (Å²) in [5.74, 6) is 0. The van der Waals surface area contributed by atoms with Crippen molar-refractivity contribution in [1.82, 2.24) is 15.0 Å². The third-order valence-corrected chi connectivity index (χ3v) is 2.35. The van der Waals surface area contributed by atoms with E-state index >= 15 is 0 Å². The highest BCUT2D eigenvalue weighted by Gasteiger charge is 2.20. The molecule has 6 nitrogen and oxygen atoms in total. The highest BCUT2D eigenvalue weighted by atomic mass is 35.5. The Morgan fingerprint density at radius 2 is 2.00 bits per heavy atom. The Morgan fingerprint density at radius 3 is 2.69 bits per heavy atom. The molecule has 1 heterocycles. The van der Waals surface area contributed by atoms with Crippen molar-refractivity contribution in [3.05, 3.63) is 23.2 Å². The molecule has 0 saturated heterocycles. The van der Waals surface area contributed by atoms with Crippen LogP contribution in [0.15, 0.2) is 18.2 Å². The van der Waals surface area contributed by atoms with Crippen molar-refractivity contribution >= 4 is 22.6 Å². The number of nitrogens with two attached hydrogens (primary N) is 2. The van der Waals surface area contributed by atoms with E-state index in [2.05, 4.69) is 10.2 Å². The van der Waals surface area contributed by atoms with E-state index in [0.29, 0.717) is 16.1 Å². The van der Waals surface area contributed by atoms with E-state index in [0.717, 1.165) is 0 Å². The molecule has 0 amide bonds. The molecular weight excluding hydrogens is 230 g/mol. The largest absolute Gasteiger partial charge is 0.393 e. The maximum Gasteiger partial charge on any atom is 0.114 e. The Bertz CT molecular complexity index is 510. The summed E-state index contributed by atoms with van der Waals surface area (Å²) in [4.78, 5) is 1.36. The molecule has 86 valence electrons. The summed E-state index contributed by atoms with van der Waals surface area (Å²) in [5, 5.41) is 17.8. The Hall–Kier alpha value is -1.21. The fourth-order valence-corrected chi connectivity index (χ4v) is 1.48. The number of aliphatic hydroxyl groups excluding tert-OH is 1. The van der Waals surface area contributed by atoms with Crippen molar-refractivity contribution in [1.29, 1.82) is 0 Å². The van der Waals surface area contributed by atoms with Crippen LogP contribution in [0.3, 0.4) is 0 Å². The number of rotatable bonds is 3. The zero-order chi connectivity index (χ0) is 11.8. The molecule has 0 bridgehead atoms. The Kier molecular flexibility index (Phi) is 2.81. The van der Waals surface area contributed by atoms with E-state index in [1.165, 1.54) is 4.80 Å². The van der Waals surface area contributed by atoms with E-state index < -0.39 is 5.66 Å². The van der Waals surface area contributed by atoms with Gasteiger partial charge in [0.25, 0.3) is 0 Å². The third-order valence-electron chi connectivity index (χ3n) is 2.11. The lowest BCUT2D eigenvalue weighted by Crippen LogP contribution is -2.56. The molecule has 1 aromatic heterocycles. The van der Waals surface area contributed by atoms with Crippen LogP contribution in [0.4, 0.5) is 0 Å². The quantitative estimate of drug-likeness (QED) is 0.640. The molecule has 1 aromatic carbocycles. The zero-order valence-corrected chi connectivity index (χ0v) is 9.22. The monoisotopic (exact) mass is 241 g/mol. The second kappa shape index (κ2) is 3.99. The normalized spacial score (nSPS) is 12.2.